The third kappa shape index (κ3) is 5.74. The highest BCUT2D eigenvalue weighted by atomic mass is 16.4. The molecule has 0 aliphatic carbocycles. The summed E-state index contributed by atoms with van der Waals surface area (Å²) >= 11 is 0. The molecule has 0 spiro atoms. The van der Waals surface area contributed by atoms with E-state index in [0.29, 0.717) is 6.42 Å². The zero-order valence-corrected chi connectivity index (χ0v) is 12.3. The Morgan fingerprint density at radius 1 is 1.15 bits per heavy atom. The first kappa shape index (κ1) is 18.6. The molecule has 3 N–H and O–H groups in total. The Balaban J connectivity index is 4.86. The molecule has 0 saturated carbocycles. The summed E-state index contributed by atoms with van der Waals surface area (Å²) in [6, 6.07) is 0. The van der Waals surface area contributed by atoms with E-state index < -0.39 is 29.9 Å². The van der Waals surface area contributed by atoms with E-state index in [4.69, 9.17) is 5.11 Å². The predicted octanol–water partition coefficient (Wildman–Crippen LogP) is 2.83. The lowest BCUT2D eigenvalue weighted by Crippen LogP contribution is -2.42. The second-order valence-corrected chi connectivity index (χ2v) is 5.09. The minimum Gasteiger partial charge on any atom is -0.481 e. The van der Waals surface area contributed by atoms with E-state index >= 15 is 0 Å². The maximum Gasteiger partial charge on any atom is 0.316 e. The molecule has 0 aromatic heterocycles. The first-order valence-corrected chi connectivity index (χ1v) is 7.21. The monoisotopic (exact) mass is 286 g/mol. The van der Waals surface area contributed by atoms with Gasteiger partial charge in [0.25, 0.3) is 0 Å². The van der Waals surface area contributed by atoms with E-state index in [0.717, 1.165) is 25.7 Å². The third-order valence-electron chi connectivity index (χ3n) is 3.46. The van der Waals surface area contributed by atoms with E-state index in [1.54, 1.807) is 13.0 Å². The van der Waals surface area contributed by atoms with Gasteiger partial charge in [-0.2, -0.15) is 0 Å². The van der Waals surface area contributed by atoms with Crippen LogP contribution in [0.1, 0.15) is 58.8 Å². The van der Waals surface area contributed by atoms with Gasteiger partial charge >= 0.3 is 11.9 Å². The Kier molecular flexibility index (Phi) is 8.88. The van der Waals surface area contributed by atoms with Gasteiger partial charge in [0.2, 0.25) is 0 Å². The molecule has 0 aliphatic rings. The second kappa shape index (κ2) is 9.53. The normalized spacial score (nSPS) is 15.9. The minimum absolute atomic E-state index is 0.194. The van der Waals surface area contributed by atoms with Gasteiger partial charge in [0, 0.05) is 0 Å². The summed E-state index contributed by atoms with van der Waals surface area (Å²) in [4.78, 5) is 22.4. The molecule has 20 heavy (non-hydrogen) atoms. The van der Waals surface area contributed by atoms with Crippen LogP contribution < -0.4 is 0 Å². The lowest BCUT2D eigenvalue weighted by atomic mass is 9.77. The van der Waals surface area contributed by atoms with Gasteiger partial charge in [-0.3, -0.25) is 9.59 Å². The molecule has 5 heteroatoms. The molecule has 0 aromatic carbocycles. The van der Waals surface area contributed by atoms with E-state index in [-0.39, 0.29) is 6.42 Å². The first-order valence-electron chi connectivity index (χ1n) is 7.21. The molecular weight excluding hydrogens is 260 g/mol. The molecule has 0 heterocycles. The molecule has 116 valence electrons. The Bertz CT molecular complexity index is 337. The van der Waals surface area contributed by atoms with Crippen molar-refractivity contribution < 1.29 is 24.9 Å². The van der Waals surface area contributed by atoms with Crippen molar-refractivity contribution >= 4 is 11.9 Å². The average Bonchev–Trinajstić information content (AvgIpc) is 2.39. The number of hydrogen-bond donors (Lipinski definition) is 3. The van der Waals surface area contributed by atoms with Crippen LogP contribution >= 0.6 is 0 Å². The van der Waals surface area contributed by atoms with Gasteiger partial charge in [-0.25, -0.2) is 0 Å². The van der Waals surface area contributed by atoms with Gasteiger partial charge in [0.15, 0.2) is 0 Å². The van der Waals surface area contributed by atoms with Gasteiger partial charge in [-0.1, -0.05) is 45.3 Å². The van der Waals surface area contributed by atoms with Gasteiger partial charge in [-0.05, 0) is 19.3 Å². The van der Waals surface area contributed by atoms with Crippen LogP contribution in [0.2, 0.25) is 0 Å². The lowest BCUT2D eigenvalue weighted by Gasteiger charge is -2.29. The van der Waals surface area contributed by atoms with Crippen molar-refractivity contribution in [3.8, 4) is 0 Å². The summed E-state index contributed by atoms with van der Waals surface area (Å²) in [5, 5.41) is 28.2. The van der Waals surface area contributed by atoms with E-state index in [1.165, 1.54) is 6.08 Å². The number of carboxylic acids is 2. The number of unbranched alkanes of at least 4 members (excludes halogenated alkanes) is 4. The molecule has 0 fully saturated rings. The van der Waals surface area contributed by atoms with Gasteiger partial charge in [0.1, 0.15) is 5.41 Å². The zero-order chi connectivity index (χ0) is 15.6. The molecule has 5 nitrogen and oxygen atoms in total. The van der Waals surface area contributed by atoms with Crippen molar-refractivity contribution in [1.29, 1.82) is 0 Å². The number of carbonyl (C=O) groups is 2. The van der Waals surface area contributed by atoms with Crippen LogP contribution in [0.5, 0.6) is 0 Å². The van der Waals surface area contributed by atoms with Crippen molar-refractivity contribution in [2.24, 2.45) is 5.41 Å². The van der Waals surface area contributed by atoms with Crippen molar-refractivity contribution in [3.05, 3.63) is 12.2 Å². The summed E-state index contributed by atoms with van der Waals surface area (Å²) in [6.07, 6.45) is 6.39. The van der Waals surface area contributed by atoms with Gasteiger partial charge in [-0.15, -0.1) is 0 Å². The van der Waals surface area contributed by atoms with Crippen molar-refractivity contribution in [2.75, 3.05) is 0 Å². The molecule has 0 aromatic rings. The quantitative estimate of drug-likeness (QED) is 0.401. The Hall–Kier alpha value is -1.36. The number of aliphatic hydroxyl groups is 1. The van der Waals surface area contributed by atoms with E-state index in [9.17, 15) is 19.8 Å². The Morgan fingerprint density at radius 2 is 1.80 bits per heavy atom. The summed E-state index contributed by atoms with van der Waals surface area (Å²) in [7, 11) is 0. The fraction of sp³-hybridized carbons (Fsp3) is 0.733. The van der Waals surface area contributed by atoms with Crippen LogP contribution in [0.3, 0.4) is 0 Å². The molecule has 0 bridgehead atoms. The molecule has 0 rings (SSSR count). The second-order valence-electron chi connectivity index (χ2n) is 5.09. The molecule has 0 saturated heterocycles. The molecule has 2 atom stereocenters. The van der Waals surface area contributed by atoms with Crippen LogP contribution in [-0.2, 0) is 9.59 Å². The van der Waals surface area contributed by atoms with Crippen LogP contribution in [0.25, 0.3) is 0 Å². The number of carboxylic acid groups (broad SMARTS) is 2. The van der Waals surface area contributed by atoms with Crippen LogP contribution in [0, 0.1) is 5.41 Å². The molecule has 0 radical (unpaired) electrons. The molecule has 0 aliphatic heterocycles. The Morgan fingerprint density at radius 3 is 2.25 bits per heavy atom. The maximum absolute atomic E-state index is 11.4. The van der Waals surface area contributed by atoms with E-state index in [1.807, 2.05) is 0 Å². The van der Waals surface area contributed by atoms with Crippen LogP contribution in [-0.4, -0.2) is 33.4 Å². The smallest absolute Gasteiger partial charge is 0.316 e. The number of rotatable bonds is 11. The molecule has 0 amide bonds. The molecular formula is C15H26O5. The minimum atomic E-state index is -1.73. The summed E-state index contributed by atoms with van der Waals surface area (Å²) in [5.74, 6) is -2.52. The summed E-state index contributed by atoms with van der Waals surface area (Å²) < 4.78 is 0. The predicted molar refractivity (Wildman–Crippen MR) is 76.5 cm³/mol. The van der Waals surface area contributed by atoms with Crippen molar-refractivity contribution in [1.82, 2.24) is 0 Å². The first-order chi connectivity index (χ1) is 9.40. The average molecular weight is 286 g/mol. The largest absolute Gasteiger partial charge is 0.481 e. The topological polar surface area (TPSA) is 94.8 Å². The Labute approximate surface area is 120 Å². The zero-order valence-electron chi connectivity index (χ0n) is 12.3. The fourth-order valence-electron chi connectivity index (χ4n) is 2.17. The fourth-order valence-corrected chi connectivity index (χ4v) is 2.17. The standard InChI is InChI=1S/C15H26O5/c1-3-5-6-7-8-9-10-15(14(19)20,11-13(17)18)12(16)4-2/h9-10,12,16H,3-8,11H2,1-2H3,(H,17,18)(H,19,20). The highest BCUT2D eigenvalue weighted by Gasteiger charge is 2.44. The summed E-state index contributed by atoms with van der Waals surface area (Å²) in [6.45, 7) is 3.75. The van der Waals surface area contributed by atoms with E-state index in [2.05, 4.69) is 6.92 Å². The number of aliphatic carboxylic acids is 2. The maximum atomic E-state index is 11.4. The van der Waals surface area contributed by atoms with Crippen molar-refractivity contribution in [2.45, 2.75) is 64.9 Å². The molecule has 2 unspecified atom stereocenters. The highest BCUT2D eigenvalue weighted by Crippen LogP contribution is 2.31. The van der Waals surface area contributed by atoms with Crippen LogP contribution in [0.4, 0.5) is 0 Å². The van der Waals surface area contributed by atoms with Gasteiger partial charge < -0.3 is 15.3 Å². The van der Waals surface area contributed by atoms with Gasteiger partial charge in [0.05, 0.1) is 12.5 Å². The SMILES string of the molecule is CCCCCCC=CC(CC(=O)O)(C(=O)O)C(O)CC. The number of aliphatic hydroxyl groups excluding tert-OH is 1. The highest BCUT2D eigenvalue weighted by molar-refractivity contribution is 5.84. The van der Waals surface area contributed by atoms with Crippen LogP contribution in [0.15, 0.2) is 12.2 Å². The number of allylic oxidation sites excluding steroid dienone is 1. The summed E-state index contributed by atoms with van der Waals surface area (Å²) in [5.41, 5.74) is -1.73. The number of hydrogen-bond acceptors (Lipinski definition) is 3. The lowest BCUT2D eigenvalue weighted by molar-refractivity contribution is -0.159. The van der Waals surface area contributed by atoms with Crippen molar-refractivity contribution in [3.63, 3.8) is 0 Å². The third-order valence-corrected chi connectivity index (χ3v) is 3.46.